The Kier molecular flexibility index (Phi) is 4.90. The summed E-state index contributed by atoms with van der Waals surface area (Å²) in [6, 6.07) is 3.93. The molecule has 98 valence electrons. The fourth-order valence-corrected chi connectivity index (χ4v) is 1.78. The highest BCUT2D eigenvalue weighted by atomic mass is 35.5. The molecule has 0 unspecified atom stereocenters. The quantitative estimate of drug-likeness (QED) is 0.833. The molecule has 18 heavy (non-hydrogen) atoms. The Morgan fingerprint density at radius 3 is 2.67 bits per heavy atom. The molecule has 0 aromatic heterocycles. The van der Waals surface area contributed by atoms with Crippen LogP contribution in [-0.4, -0.2) is 25.9 Å². The molecule has 2 N–H and O–H groups in total. The van der Waals surface area contributed by atoms with E-state index in [-0.39, 0.29) is 16.3 Å². The van der Waals surface area contributed by atoms with E-state index >= 15 is 0 Å². The predicted octanol–water partition coefficient (Wildman–Crippen LogP) is 1.65. The molecule has 8 heteroatoms. The SMILES string of the molecule is O=S(=O)(Nc1cc(Cl)ccc1C#CCO)C(F)F. The minimum atomic E-state index is -4.79. The average molecular weight is 296 g/mol. The van der Waals surface area contributed by atoms with E-state index in [9.17, 15) is 17.2 Å². The standard InChI is InChI=1S/C10H8ClF2NO3S/c11-8-4-3-7(2-1-5-15)9(6-8)14-18(16,17)10(12)13/h3-4,6,10,14-15H,5H2. The number of aliphatic hydroxyl groups is 1. The highest BCUT2D eigenvalue weighted by Crippen LogP contribution is 2.22. The van der Waals surface area contributed by atoms with Crippen molar-refractivity contribution >= 4 is 27.3 Å². The molecule has 0 heterocycles. The molecule has 0 atom stereocenters. The summed E-state index contributed by atoms with van der Waals surface area (Å²) in [5.74, 6) is 1.14. The molecule has 0 bridgehead atoms. The van der Waals surface area contributed by atoms with Crippen molar-refractivity contribution in [3.63, 3.8) is 0 Å². The summed E-state index contributed by atoms with van der Waals surface area (Å²) in [6.07, 6.45) is 0. The highest BCUT2D eigenvalue weighted by molar-refractivity contribution is 7.93. The van der Waals surface area contributed by atoms with Crippen LogP contribution in [0.4, 0.5) is 14.5 Å². The Balaban J connectivity index is 3.18. The average Bonchev–Trinajstić information content (AvgIpc) is 2.27. The second-order valence-electron chi connectivity index (χ2n) is 3.06. The minimum Gasteiger partial charge on any atom is -0.384 e. The molecule has 0 fully saturated rings. The zero-order chi connectivity index (χ0) is 13.8. The van der Waals surface area contributed by atoms with Crippen LogP contribution in [-0.2, 0) is 10.0 Å². The van der Waals surface area contributed by atoms with Gasteiger partial charge in [-0.1, -0.05) is 23.4 Å². The number of anilines is 1. The lowest BCUT2D eigenvalue weighted by Crippen LogP contribution is -2.21. The van der Waals surface area contributed by atoms with E-state index in [4.69, 9.17) is 16.7 Å². The Labute approximate surface area is 108 Å². The molecule has 0 radical (unpaired) electrons. The number of alkyl halides is 2. The van der Waals surface area contributed by atoms with Gasteiger partial charge in [0.05, 0.1) is 5.69 Å². The number of benzene rings is 1. The fourth-order valence-electron chi connectivity index (χ4n) is 1.04. The minimum absolute atomic E-state index is 0.137. The van der Waals surface area contributed by atoms with Crippen LogP contribution < -0.4 is 4.72 Å². The zero-order valence-corrected chi connectivity index (χ0v) is 10.4. The van der Waals surface area contributed by atoms with Crippen LogP contribution in [0.15, 0.2) is 18.2 Å². The molecule has 1 aromatic carbocycles. The first-order chi connectivity index (χ1) is 8.36. The smallest absolute Gasteiger partial charge is 0.355 e. The molecule has 0 spiro atoms. The number of sulfonamides is 1. The van der Waals surface area contributed by atoms with Gasteiger partial charge in [0, 0.05) is 10.6 Å². The molecule has 4 nitrogen and oxygen atoms in total. The van der Waals surface area contributed by atoms with E-state index in [0.29, 0.717) is 0 Å². The first-order valence-electron chi connectivity index (χ1n) is 4.56. The first-order valence-corrected chi connectivity index (χ1v) is 6.48. The lowest BCUT2D eigenvalue weighted by molar-refractivity contribution is 0.236. The second kappa shape index (κ2) is 6.00. The third kappa shape index (κ3) is 3.84. The van der Waals surface area contributed by atoms with Crippen LogP contribution in [0.5, 0.6) is 0 Å². The van der Waals surface area contributed by atoms with Gasteiger partial charge in [-0.15, -0.1) is 0 Å². The van der Waals surface area contributed by atoms with Crippen molar-refractivity contribution in [2.24, 2.45) is 0 Å². The number of aliphatic hydroxyl groups excluding tert-OH is 1. The summed E-state index contributed by atoms with van der Waals surface area (Å²) in [4.78, 5) is 0. The molecule has 0 aliphatic heterocycles. The van der Waals surface area contributed by atoms with Crippen molar-refractivity contribution in [1.82, 2.24) is 0 Å². The maximum absolute atomic E-state index is 12.2. The van der Waals surface area contributed by atoms with Gasteiger partial charge in [0.2, 0.25) is 0 Å². The van der Waals surface area contributed by atoms with Gasteiger partial charge in [0.25, 0.3) is 10.0 Å². The van der Waals surface area contributed by atoms with Crippen LogP contribution in [0.1, 0.15) is 5.56 Å². The van der Waals surface area contributed by atoms with Crippen molar-refractivity contribution in [2.45, 2.75) is 5.76 Å². The highest BCUT2D eigenvalue weighted by Gasteiger charge is 2.24. The Bertz CT molecular complexity index is 593. The van der Waals surface area contributed by atoms with E-state index < -0.39 is 22.4 Å². The van der Waals surface area contributed by atoms with E-state index in [0.717, 1.165) is 6.07 Å². The van der Waals surface area contributed by atoms with Crippen molar-refractivity contribution in [3.8, 4) is 11.8 Å². The zero-order valence-electron chi connectivity index (χ0n) is 8.82. The van der Waals surface area contributed by atoms with Crippen molar-refractivity contribution in [2.75, 3.05) is 11.3 Å². The van der Waals surface area contributed by atoms with Crippen LogP contribution >= 0.6 is 11.6 Å². The molecule has 0 aliphatic carbocycles. The molecule has 1 rings (SSSR count). The molecular formula is C10H8ClF2NO3S. The third-order valence-electron chi connectivity index (χ3n) is 1.77. The monoisotopic (exact) mass is 295 g/mol. The van der Waals surface area contributed by atoms with Gasteiger partial charge >= 0.3 is 5.76 Å². The normalized spacial score (nSPS) is 10.9. The number of rotatable bonds is 3. The van der Waals surface area contributed by atoms with Crippen molar-refractivity contribution in [3.05, 3.63) is 28.8 Å². The topological polar surface area (TPSA) is 66.4 Å². The molecule has 1 aromatic rings. The largest absolute Gasteiger partial charge is 0.384 e. The Morgan fingerprint density at radius 2 is 2.11 bits per heavy atom. The maximum Gasteiger partial charge on any atom is 0.355 e. The van der Waals surface area contributed by atoms with E-state index in [1.54, 1.807) is 4.72 Å². The lowest BCUT2D eigenvalue weighted by Gasteiger charge is -2.09. The fraction of sp³-hybridized carbons (Fsp3) is 0.200. The summed E-state index contributed by atoms with van der Waals surface area (Å²) in [5.41, 5.74) is -0.0265. The van der Waals surface area contributed by atoms with Crippen LogP contribution in [0.25, 0.3) is 0 Å². The summed E-state index contributed by atoms with van der Waals surface area (Å²) in [6.45, 7) is -0.441. The van der Waals surface area contributed by atoms with Crippen molar-refractivity contribution < 1.29 is 22.3 Å². The van der Waals surface area contributed by atoms with Crippen LogP contribution in [0, 0.1) is 11.8 Å². The van der Waals surface area contributed by atoms with Crippen molar-refractivity contribution in [1.29, 1.82) is 0 Å². The molecule has 0 aliphatic rings. The van der Waals surface area contributed by atoms with Gasteiger partial charge in [-0.2, -0.15) is 8.78 Å². The van der Waals surface area contributed by atoms with Gasteiger partial charge in [-0.05, 0) is 18.2 Å². The van der Waals surface area contributed by atoms with E-state index in [1.807, 2.05) is 0 Å². The number of nitrogens with one attached hydrogen (secondary N) is 1. The summed E-state index contributed by atoms with van der Waals surface area (Å²) in [5, 5.41) is 8.70. The number of hydrogen-bond donors (Lipinski definition) is 2. The second-order valence-corrected chi connectivity index (χ2v) is 5.14. The van der Waals surface area contributed by atoms with Gasteiger partial charge in [-0.25, -0.2) is 8.42 Å². The van der Waals surface area contributed by atoms with Crippen LogP contribution in [0.2, 0.25) is 5.02 Å². The summed E-state index contributed by atoms with van der Waals surface area (Å²) >= 11 is 5.64. The van der Waals surface area contributed by atoms with E-state index in [1.165, 1.54) is 12.1 Å². The Hall–Kier alpha value is -1.36. The number of hydrogen-bond acceptors (Lipinski definition) is 3. The first kappa shape index (κ1) is 14.7. The third-order valence-corrected chi connectivity index (χ3v) is 2.98. The molecular weight excluding hydrogens is 288 g/mol. The molecule has 0 saturated carbocycles. The molecule has 0 saturated heterocycles. The predicted molar refractivity (Wildman–Crippen MR) is 64.0 cm³/mol. The Morgan fingerprint density at radius 1 is 1.44 bits per heavy atom. The maximum atomic E-state index is 12.2. The van der Waals surface area contributed by atoms with Gasteiger partial charge in [0.1, 0.15) is 6.61 Å². The van der Waals surface area contributed by atoms with Gasteiger partial charge in [-0.3, -0.25) is 4.72 Å². The van der Waals surface area contributed by atoms with Gasteiger partial charge < -0.3 is 5.11 Å². The summed E-state index contributed by atoms with van der Waals surface area (Å²) in [7, 11) is -4.79. The van der Waals surface area contributed by atoms with Crippen LogP contribution in [0.3, 0.4) is 0 Å². The lowest BCUT2D eigenvalue weighted by atomic mass is 10.2. The van der Waals surface area contributed by atoms with Gasteiger partial charge in [0.15, 0.2) is 0 Å². The number of halogens is 3. The summed E-state index contributed by atoms with van der Waals surface area (Å²) < 4.78 is 48.2. The molecule has 0 amide bonds. The van der Waals surface area contributed by atoms with E-state index in [2.05, 4.69) is 11.8 Å².